The molecule has 3 N–H and O–H groups in total. The molecular formula is C18H19N5O2. The van der Waals surface area contributed by atoms with Crippen LogP contribution in [0, 0.1) is 0 Å². The summed E-state index contributed by atoms with van der Waals surface area (Å²) in [5.74, 6) is 0.525. The molecule has 0 fully saturated rings. The summed E-state index contributed by atoms with van der Waals surface area (Å²) in [6.07, 6.45) is 3.36. The van der Waals surface area contributed by atoms with Crippen molar-refractivity contribution in [2.45, 2.75) is 13.1 Å². The van der Waals surface area contributed by atoms with Gasteiger partial charge in [-0.25, -0.2) is 9.78 Å². The van der Waals surface area contributed by atoms with Gasteiger partial charge in [0.05, 0.1) is 12.8 Å². The number of benzene rings is 1. The van der Waals surface area contributed by atoms with Crippen LogP contribution in [0.3, 0.4) is 0 Å². The molecule has 3 rings (SSSR count). The average molecular weight is 337 g/mol. The summed E-state index contributed by atoms with van der Waals surface area (Å²) < 4.78 is 5.06. The van der Waals surface area contributed by atoms with Gasteiger partial charge in [-0.3, -0.25) is 5.10 Å². The van der Waals surface area contributed by atoms with Gasteiger partial charge in [-0.05, 0) is 28.8 Å². The number of rotatable bonds is 6. The van der Waals surface area contributed by atoms with Gasteiger partial charge in [-0.2, -0.15) is 5.10 Å². The molecule has 0 spiro atoms. The Kier molecular flexibility index (Phi) is 5.26. The van der Waals surface area contributed by atoms with Gasteiger partial charge in [0.25, 0.3) is 0 Å². The second-order valence-electron chi connectivity index (χ2n) is 5.41. The Hall–Kier alpha value is -3.35. The van der Waals surface area contributed by atoms with Crippen LogP contribution in [-0.2, 0) is 13.1 Å². The van der Waals surface area contributed by atoms with Gasteiger partial charge < -0.3 is 15.4 Å². The van der Waals surface area contributed by atoms with Crippen molar-refractivity contribution < 1.29 is 9.53 Å². The fourth-order valence-electron chi connectivity index (χ4n) is 2.32. The number of methoxy groups -OCH3 is 1. The first-order chi connectivity index (χ1) is 12.2. The molecule has 1 aromatic carbocycles. The van der Waals surface area contributed by atoms with Gasteiger partial charge in [0.2, 0.25) is 5.88 Å². The minimum absolute atomic E-state index is 0.228. The maximum absolute atomic E-state index is 11.9. The number of amides is 2. The third kappa shape index (κ3) is 4.57. The summed E-state index contributed by atoms with van der Waals surface area (Å²) in [7, 11) is 1.56. The number of pyridine rings is 1. The molecule has 128 valence electrons. The highest BCUT2D eigenvalue weighted by Crippen LogP contribution is 2.16. The second-order valence-corrected chi connectivity index (χ2v) is 5.41. The lowest BCUT2D eigenvalue weighted by Gasteiger charge is -2.09. The van der Waals surface area contributed by atoms with E-state index < -0.39 is 0 Å². The Morgan fingerprint density at radius 3 is 2.48 bits per heavy atom. The molecular weight excluding hydrogens is 318 g/mol. The molecule has 0 bridgehead atoms. The van der Waals surface area contributed by atoms with Crippen LogP contribution in [0.25, 0.3) is 11.3 Å². The van der Waals surface area contributed by atoms with Crippen LogP contribution >= 0.6 is 0 Å². The van der Waals surface area contributed by atoms with E-state index in [0.717, 1.165) is 22.4 Å². The molecule has 0 radical (unpaired) electrons. The van der Waals surface area contributed by atoms with E-state index in [2.05, 4.69) is 25.8 Å². The van der Waals surface area contributed by atoms with Crippen LogP contribution in [0.1, 0.15) is 11.1 Å². The molecule has 0 saturated heterocycles. The highest BCUT2D eigenvalue weighted by Gasteiger charge is 2.03. The molecule has 0 atom stereocenters. The quantitative estimate of drug-likeness (QED) is 0.644. The normalized spacial score (nSPS) is 10.3. The highest BCUT2D eigenvalue weighted by molar-refractivity contribution is 5.73. The number of aromatic amines is 1. The van der Waals surface area contributed by atoms with Crippen LogP contribution in [0.4, 0.5) is 4.79 Å². The molecule has 0 unspecified atom stereocenters. The van der Waals surface area contributed by atoms with Crippen molar-refractivity contribution in [2.24, 2.45) is 0 Å². The third-order valence-electron chi connectivity index (χ3n) is 3.68. The minimum atomic E-state index is -0.228. The summed E-state index contributed by atoms with van der Waals surface area (Å²) in [6.45, 7) is 0.859. The van der Waals surface area contributed by atoms with Crippen molar-refractivity contribution >= 4 is 6.03 Å². The lowest BCUT2D eigenvalue weighted by molar-refractivity contribution is 0.240. The summed E-state index contributed by atoms with van der Waals surface area (Å²) in [4.78, 5) is 15.9. The van der Waals surface area contributed by atoms with Crippen LogP contribution in [-0.4, -0.2) is 28.3 Å². The molecule has 0 saturated carbocycles. The Morgan fingerprint density at radius 1 is 1.04 bits per heavy atom. The van der Waals surface area contributed by atoms with Gasteiger partial charge in [-0.1, -0.05) is 24.3 Å². The summed E-state index contributed by atoms with van der Waals surface area (Å²) in [5, 5.41) is 12.5. The minimum Gasteiger partial charge on any atom is -0.481 e. The van der Waals surface area contributed by atoms with Crippen molar-refractivity contribution in [1.82, 2.24) is 25.8 Å². The van der Waals surface area contributed by atoms with Crippen molar-refractivity contribution in [1.29, 1.82) is 0 Å². The zero-order valence-corrected chi connectivity index (χ0v) is 13.8. The van der Waals surface area contributed by atoms with Crippen molar-refractivity contribution in [2.75, 3.05) is 7.11 Å². The molecule has 3 aromatic rings. The fourth-order valence-corrected chi connectivity index (χ4v) is 2.32. The smallest absolute Gasteiger partial charge is 0.315 e. The standard InChI is InChI=1S/C18H19N5O2/c1-25-17-10-14(6-8-19-17)12-21-18(24)20-11-13-2-4-15(5-3-13)16-7-9-22-23-16/h2-10H,11-12H2,1H3,(H,22,23)(H2,20,21,24). The van der Waals surface area contributed by atoms with Crippen molar-refractivity contribution in [3.63, 3.8) is 0 Å². The van der Waals surface area contributed by atoms with Gasteiger partial charge in [0.15, 0.2) is 0 Å². The number of aromatic nitrogens is 3. The van der Waals surface area contributed by atoms with Crippen molar-refractivity contribution in [3.05, 3.63) is 66.0 Å². The number of nitrogens with zero attached hydrogens (tertiary/aromatic N) is 2. The number of carbonyl (C=O) groups is 1. The lowest BCUT2D eigenvalue weighted by Crippen LogP contribution is -2.34. The largest absolute Gasteiger partial charge is 0.481 e. The molecule has 25 heavy (non-hydrogen) atoms. The van der Waals surface area contributed by atoms with E-state index in [9.17, 15) is 4.79 Å². The SMILES string of the molecule is COc1cc(CNC(=O)NCc2ccc(-c3ccn[nH]3)cc2)ccn1. The van der Waals surface area contributed by atoms with E-state index >= 15 is 0 Å². The van der Waals surface area contributed by atoms with Crippen LogP contribution in [0.5, 0.6) is 5.88 Å². The molecule has 2 aromatic heterocycles. The van der Waals surface area contributed by atoms with E-state index in [1.54, 1.807) is 25.6 Å². The van der Waals surface area contributed by atoms with E-state index in [-0.39, 0.29) is 6.03 Å². The Labute approximate surface area is 145 Å². The fraction of sp³-hybridized carbons (Fsp3) is 0.167. The Bertz CT molecular complexity index is 816. The molecule has 2 heterocycles. The first-order valence-corrected chi connectivity index (χ1v) is 7.84. The monoisotopic (exact) mass is 337 g/mol. The summed E-state index contributed by atoms with van der Waals surface area (Å²) in [5.41, 5.74) is 3.96. The number of hydrogen-bond acceptors (Lipinski definition) is 4. The third-order valence-corrected chi connectivity index (χ3v) is 3.68. The number of carbonyl (C=O) groups excluding carboxylic acids is 1. The van der Waals surface area contributed by atoms with E-state index in [4.69, 9.17) is 4.74 Å². The molecule has 2 amide bonds. The molecule has 0 aliphatic heterocycles. The number of hydrogen-bond donors (Lipinski definition) is 3. The highest BCUT2D eigenvalue weighted by atomic mass is 16.5. The summed E-state index contributed by atoms with van der Waals surface area (Å²) >= 11 is 0. The van der Waals surface area contributed by atoms with Gasteiger partial charge in [0.1, 0.15) is 0 Å². The van der Waals surface area contributed by atoms with E-state index in [1.165, 1.54) is 0 Å². The first kappa shape index (κ1) is 16.5. The maximum Gasteiger partial charge on any atom is 0.315 e. The zero-order valence-electron chi connectivity index (χ0n) is 13.8. The second kappa shape index (κ2) is 7.96. The molecule has 7 nitrogen and oxygen atoms in total. The molecule has 0 aliphatic carbocycles. The van der Waals surface area contributed by atoms with Crippen LogP contribution < -0.4 is 15.4 Å². The van der Waals surface area contributed by atoms with Gasteiger partial charge in [0, 0.05) is 31.5 Å². The van der Waals surface area contributed by atoms with Crippen LogP contribution in [0.2, 0.25) is 0 Å². The van der Waals surface area contributed by atoms with Crippen molar-refractivity contribution in [3.8, 4) is 17.1 Å². The van der Waals surface area contributed by atoms with Gasteiger partial charge in [-0.15, -0.1) is 0 Å². The first-order valence-electron chi connectivity index (χ1n) is 7.84. The average Bonchev–Trinajstić information content (AvgIpc) is 3.20. The number of H-pyrrole nitrogens is 1. The number of ether oxygens (including phenoxy) is 1. The maximum atomic E-state index is 11.9. The molecule has 7 heteroatoms. The lowest BCUT2D eigenvalue weighted by atomic mass is 10.1. The van der Waals surface area contributed by atoms with E-state index in [1.807, 2.05) is 36.4 Å². The van der Waals surface area contributed by atoms with Gasteiger partial charge >= 0.3 is 6.03 Å². The van der Waals surface area contributed by atoms with Crippen LogP contribution in [0.15, 0.2) is 54.9 Å². The summed E-state index contributed by atoms with van der Waals surface area (Å²) in [6, 6.07) is 13.2. The Morgan fingerprint density at radius 2 is 1.80 bits per heavy atom. The zero-order chi connectivity index (χ0) is 17.5. The predicted molar refractivity (Wildman–Crippen MR) is 93.9 cm³/mol. The number of urea groups is 1. The number of nitrogens with one attached hydrogen (secondary N) is 3. The predicted octanol–water partition coefficient (Wildman–Crippen LogP) is 2.48. The topological polar surface area (TPSA) is 91.9 Å². The molecule has 0 aliphatic rings. The Balaban J connectivity index is 1.47. The van der Waals surface area contributed by atoms with E-state index in [0.29, 0.717) is 19.0 Å².